The van der Waals surface area contributed by atoms with Gasteiger partial charge in [-0.05, 0) is 53.8 Å². The number of nitrogens with one attached hydrogen (secondary N) is 1. The van der Waals surface area contributed by atoms with E-state index in [0.29, 0.717) is 11.8 Å². The fraction of sp³-hybridized carbons (Fsp3) is 0.235. The highest BCUT2D eigenvalue weighted by Crippen LogP contribution is 2.49. The molecule has 100 valence electrons. The number of pyridine rings is 1. The van der Waals surface area contributed by atoms with Crippen LogP contribution in [-0.2, 0) is 0 Å². The van der Waals surface area contributed by atoms with Crippen LogP contribution in [0.4, 0.5) is 10.1 Å². The number of hydrogen-bond donors (Lipinski definition) is 1. The Hall–Kier alpha value is -2.16. The summed E-state index contributed by atoms with van der Waals surface area (Å²) in [5.41, 5.74) is 3.36. The van der Waals surface area contributed by atoms with E-state index >= 15 is 0 Å². The molecule has 0 fully saturated rings. The van der Waals surface area contributed by atoms with Gasteiger partial charge in [-0.25, -0.2) is 4.39 Å². The van der Waals surface area contributed by atoms with E-state index in [1.54, 1.807) is 6.07 Å². The zero-order valence-electron chi connectivity index (χ0n) is 11.0. The molecule has 0 radical (unpaired) electrons. The van der Waals surface area contributed by atoms with Crippen molar-refractivity contribution in [1.82, 2.24) is 4.98 Å². The molecule has 3 atom stereocenters. The van der Waals surface area contributed by atoms with Crippen molar-refractivity contribution in [3.8, 4) is 0 Å². The number of allylic oxidation sites excluding steroid dienone is 2. The Morgan fingerprint density at radius 3 is 2.85 bits per heavy atom. The van der Waals surface area contributed by atoms with Crippen molar-refractivity contribution in [3.05, 3.63) is 71.8 Å². The van der Waals surface area contributed by atoms with Crippen LogP contribution in [0, 0.1) is 11.7 Å². The molecule has 0 spiro atoms. The summed E-state index contributed by atoms with van der Waals surface area (Å²) in [7, 11) is 0. The number of benzene rings is 1. The number of nitrogens with zero attached hydrogens (tertiary/aromatic N) is 1. The van der Waals surface area contributed by atoms with E-state index in [0.717, 1.165) is 17.7 Å². The van der Waals surface area contributed by atoms with Crippen molar-refractivity contribution in [3.63, 3.8) is 0 Å². The molecular formula is C17H15FN2. The lowest BCUT2D eigenvalue weighted by Crippen LogP contribution is -2.29. The van der Waals surface area contributed by atoms with Crippen molar-refractivity contribution in [2.45, 2.75) is 18.4 Å². The van der Waals surface area contributed by atoms with Gasteiger partial charge in [-0.1, -0.05) is 12.2 Å². The highest BCUT2D eigenvalue weighted by molar-refractivity contribution is 5.59. The molecule has 0 unspecified atom stereocenters. The van der Waals surface area contributed by atoms with E-state index in [-0.39, 0.29) is 11.9 Å². The third-order valence-electron chi connectivity index (χ3n) is 4.39. The molecule has 0 saturated carbocycles. The van der Waals surface area contributed by atoms with E-state index in [4.69, 9.17) is 0 Å². The monoisotopic (exact) mass is 266 g/mol. The maximum Gasteiger partial charge on any atom is 0.123 e. The number of anilines is 1. The average Bonchev–Trinajstić information content (AvgIpc) is 2.97. The van der Waals surface area contributed by atoms with Gasteiger partial charge in [0.1, 0.15) is 5.82 Å². The van der Waals surface area contributed by atoms with Gasteiger partial charge in [-0.3, -0.25) is 4.98 Å². The average molecular weight is 266 g/mol. The minimum Gasteiger partial charge on any atom is -0.378 e. The molecule has 0 bridgehead atoms. The summed E-state index contributed by atoms with van der Waals surface area (Å²) in [6, 6.07) is 9.41. The van der Waals surface area contributed by atoms with Gasteiger partial charge in [0.25, 0.3) is 0 Å². The molecule has 4 rings (SSSR count). The Balaban J connectivity index is 1.80. The zero-order chi connectivity index (χ0) is 13.5. The second-order valence-electron chi connectivity index (χ2n) is 5.49. The molecule has 1 aliphatic carbocycles. The molecule has 1 N–H and O–H groups in total. The first-order valence-electron chi connectivity index (χ1n) is 6.95. The molecule has 2 aromatic rings. The molecule has 1 aromatic carbocycles. The summed E-state index contributed by atoms with van der Waals surface area (Å²) >= 11 is 0. The predicted molar refractivity (Wildman–Crippen MR) is 77.0 cm³/mol. The molecule has 3 heteroatoms. The standard InChI is InChI=1S/C17H15FN2/c18-12-4-5-16-15(10-12)13-2-1-3-14(13)17(20-16)11-6-8-19-9-7-11/h1-2,4-10,13-14,17,20H,3H2/t13-,14+,17+/m0/s1. The summed E-state index contributed by atoms with van der Waals surface area (Å²) < 4.78 is 13.5. The first kappa shape index (κ1) is 11.6. The van der Waals surface area contributed by atoms with Crippen LogP contribution in [0.25, 0.3) is 0 Å². The van der Waals surface area contributed by atoms with Crippen LogP contribution in [0.3, 0.4) is 0 Å². The topological polar surface area (TPSA) is 24.9 Å². The zero-order valence-corrected chi connectivity index (χ0v) is 11.0. The molecule has 0 amide bonds. The van der Waals surface area contributed by atoms with E-state index < -0.39 is 0 Å². The number of fused-ring (bicyclic) bond motifs is 3. The minimum absolute atomic E-state index is 0.160. The second-order valence-corrected chi connectivity index (χ2v) is 5.49. The van der Waals surface area contributed by atoms with Gasteiger partial charge in [0.05, 0.1) is 6.04 Å². The fourth-order valence-electron chi connectivity index (χ4n) is 3.47. The van der Waals surface area contributed by atoms with Crippen molar-refractivity contribution in [1.29, 1.82) is 0 Å². The summed E-state index contributed by atoms with van der Waals surface area (Å²) in [6.07, 6.45) is 9.12. The van der Waals surface area contributed by atoms with Crippen molar-refractivity contribution < 1.29 is 4.39 Å². The van der Waals surface area contributed by atoms with Gasteiger partial charge >= 0.3 is 0 Å². The van der Waals surface area contributed by atoms with Crippen LogP contribution >= 0.6 is 0 Å². The Morgan fingerprint density at radius 1 is 1.15 bits per heavy atom. The normalized spacial score (nSPS) is 26.8. The first-order valence-corrected chi connectivity index (χ1v) is 6.95. The highest BCUT2D eigenvalue weighted by atomic mass is 19.1. The summed E-state index contributed by atoms with van der Waals surface area (Å²) in [5.74, 6) is 0.596. The Labute approximate surface area is 117 Å². The van der Waals surface area contributed by atoms with E-state index in [9.17, 15) is 4.39 Å². The quantitative estimate of drug-likeness (QED) is 0.788. The van der Waals surface area contributed by atoms with Crippen LogP contribution in [-0.4, -0.2) is 4.98 Å². The van der Waals surface area contributed by atoms with E-state index in [1.165, 1.54) is 11.6 Å². The molecule has 2 heterocycles. The van der Waals surface area contributed by atoms with E-state index in [1.807, 2.05) is 18.5 Å². The maximum atomic E-state index is 13.5. The Morgan fingerprint density at radius 2 is 2.00 bits per heavy atom. The molecule has 0 saturated heterocycles. The SMILES string of the molecule is Fc1ccc2c(c1)[C@H]1C=CC[C@H]1[C@@H](c1ccncc1)N2. The third kappa shape index (κ3) is 1.73. The number of halogens is 1. The van der Waals surface area contributed by atoms with Crippen molar-refractivity contribution >= 4 is 5.69 Å². The lowest BCUT2D eigenvalue weighted by molar-refractivity contribution is 0.424. The van der Waals surface area contributed by atoms with Crippen LogP contribution in [0.5, 0.6) is 0 Å². The number of hydrogen-bond acceptors (Lipinski definition) is 2. The molecular weight excluding hydrogens is 251 g/mol. The molecule has 1 aromatic heterocycles. The van der Waals surface area contributed by atoms with Gasteiger partial charge in [-0.15, -0.1) is 0 Å². The fourth-order valence-corrected chi connectivity index (χ4v) is 3.47. The van der Waals surface area contributed by atoms with Crippen LogP contribution in [0.2, 0.25) is 0 Å². The minimum atomic E-state index is -0.160. The lowest BCUT2D eigenvalue weighted by atomic mass is 9.77. The Kier molecular flexibility index (Phi) is 2.59. The van der Waals surface area contributed by atoms with Crippen LogP contribution in [0.15, 0.2) is 54.9 Å². The summed E-state index contributed by atoms with van der Waals surface area (Å²) in [5, 5.41) is 3.58. The van der Waals surface area contributed by atoms with Gasteiger partial charge < -0.3 is 5.32 Å². The van der Waals surface area contributed by atoms with Gasteiger partial charge in [0.2, 0.25) is 0 Å². The number of aromatic nitrogens is 1. The Bertz CT molecular complexity index is 666. The smallest absolute Gasteiger partial charge is 0.123 e. The van der Waals surface area contributed by atoms with Gasteiger partial charge in [-0.2, -0.15) is 0 Å². The van der Waals surface area contributed by atoms with Crippen molar-refractivity contribution in [2.24, 2.45) is 5.92 Å². The molecule has 2 nitrogen and oxygen atoms in total. The highest BCUT2D eigenvalue weighted by Gasteiger charge is 2.37. The van der Waals surface area contributed by atoms with Crippen LogP contribution < -0.4 is 5.32 Å². The van der Waals surface area contributed by atoms with E-state index in [2.05, 4.69) is 34.6 Å². The largest absolute Gasteiger partial charge is 0.378 e. The second kappa shape index (κ2) is 4.44. The third-order valence-corrected chi connectivity index (χ3v) is 4.39. The first-order chi connectivity index (χ1) is 9.83. The molecule has 20 heavy (non-hydrogen) atoms. The lowest BCUT2D eigenvalue weighted by Gasteiger charge is -2.37. The van der Waals surface area contributed by atoms with Gasteiger partial charge in [0.15, 0.2) is 0 Å². The van der Waals surface area contributed by atoms with Crippen LogP contribution in [0.1, 0.15) is 29.5 Å². The predicted octanol–water partition coefficient (Wildman–Crippen LogP) is 4.05. The van der Waals surface area contributed by atoms with Gasteiger partial charge in [0, 0.05) is 24.0 Å². The maximum absolute atomic E-state index is 13.5. The summed E-state index contributed by atoms with van der Waals surface area (Å²) in [4.78, 5) is 4.09. The molecule has 1 aliphatic heterocycles. The van der Waals surface area contributed by atoms with Crippen molar-refractivity contribution in [2.75, 3.05) is 5.32 Å². The number of rotatable bonds is 1. The summed E-state index contributed by atoms with van der Waals surface area (Å²) in [6.45, 7) is 0. The molecule has 2 aliphatic rings.